The van der Waals surface area contributed by atoms with E-state index in [4.69, 9.17) is 17.3 Å². The minimum Gasteiger partial charge on any atom is -0.507 e. The minimum atomic E-state index is -0.760. The Hall–Kier alpha value is -3.06. The van der Waals surface area contributed by atoms with Crippen LogP contribution in [0.3, 0.4) is 0 Å². The number of nitrogens with zero attached hydrogens (tertiary/aromatic N) is 1. The van der Waals surface area contributed by atoms with Crippen molar-refractivity contribution in [3.05, 3.63) is 64.2 Å². The van der Waals surface area contributed by atoms with Gasteiger partial charge in [-0.25, -0.2) is 9.37 Å². The number of rotatable bonds is 4. The first-order valence-corrected chi connectivity index (χ1v) is 9.05. The highest BCUT2D eigenvalue weighted by Gasteiger charge is 2.20. The Balaban J connectivity index is 1.94. The lowest BCUT2D eigenvalue weighted by molar-refractivity contribution is 0.0963. The maximum absolute atomic E-state index is 14.7. The molecule has 28 heavy (non-hydrogen) atoms. The number of hydrogen-bond donors (Lipinski definition) is 4. The van der Waals surface area contributed by atoms with Gasteiger partial charge in [-0.05, 0) is 49.1 Å². The molecule has 0 saturated carbocycles. The Morgan fingerprint density at radius 2 is 2.18 bits per heavy atom. The summed E-state index contributed by atoms with van der Waals surface area (Å²) in [5.74, 6) is -1.13. The molecule has 5 N–H and O–H groups in total. The van der Waals surface area contributed by atoms with E-state index in [2.05, 4.69) is 22.2 Å². The Morgan fingerprint density at radius 3 is 2.86 bits per heavy atom. The van der Waals surface area contributed by atoms with Crippen LogP contribution < -0.4 is 16.4 Å². The first-order chi connectivity index (χ1) is 13.3. The van der Waals surface area contributed by atoms with Gasteiger partial charge in [0, 0.05) is 12.1 Å². The predicted molar refractivity (Wildman–Crippen MR) is 107 cm³/mol. The van der Waals surface area contributed by atoms with E-state index >= 15 is 0 Å². The number of carbonyl (C=O) groups excluding carboxylic acids is 1. The summed E-state index contributed by atoms with van der Waals surface area (Å²) in [6, 6.07) is 5.71. The fourth-order valence-electron chi connectivity index (χ4n) is 2.97. The molecule has 6 nitrogen and oxygen atoms in total. The van der Waals surface area contributed by atoms with E-state index in [9.17, 15) is 14.3 Å². The number of benzene rings is 1. The van der Waals surface area contributed by atoms with Crippen molar-refractivity contribution in [2.45, 2.75) is 19.8 Å². The third kappa shape index (κ3) is 3.94. The molecule has 2 heterocycles. The van der Waals surface area contributed by atoms with Crippen LogP contribution in [-0.4, -0.2) is 22.5 Å². The average Bonchev–Trinajstić information content (AvgIpc) is 2.66. The molecule has 1 aliphatic rings. The van der Waals surface area contributed by atoms with Gasteiger partial charge in [-0.15, -0.1) is 0 Å². The van der Waals surface area contributed by atoms with Gasteiger partial charge in [-0.3, -0.25) is 4.79 Å². The van der Waals surface area contributed by atoms with Crippen molar-refractivity contribution >= 4 is 23.3 Å². The quantitative estimate of drug-likeness (QED) is 0.462. The lowest BCUT2D eigenvalue weighted by atomic mass is 10.0. The number of phenolic OH excluding ortho intramolecular Hbond substituents is 1. The van der Waals surface area contributed by atoms with Crippen LogP contribution in [0, 0.1) is 5.82 Å². The standard InChI is InChI=1S/C20H20ClFN4O2/c1-10(2)17(18(21)23)26-20(28)13-8-14(22)12(9-16(13)27)15-6-5-11-4-3-7-24-19(11)25-15/h5-6,8-9,27H,1,3-4,7,23H2,2H3,(H,24,25)(H,26,28)/b18-17+. The van der Waals surface area contributed by atoms with Gasteiger partial charge in [-0.1, -0.05) is 24.2 Å². The summed E-state index contributed by atoms with van der Waals surface area (Å²) in [5, 5.41) is 15.8. The zero-order valence-corrected chi connectivity index (χ0v) is 16.0. The summed E-state index contributed by atoms with van der Waals surface area (Å²) in [6.45, 7) is 6.07. The number of fused-ring (bicyclic) bond motifs is 1. The molecule has 0 radical (unpaired) electrons. The molecule has 1 aliphatic heterocycles. The number of anilines is 1. The molecule has 2 aromatic rings. The first kappa shape index (κ1) is 19.7. The van der Waals surface area contributed by atoms with Crippen molar-refractivity contribution in [1.82, 2.24) is 10.3 Å². The zero-order valence-electron chi connectivity index (χ0n) is 15.3. The number of amides is 1. The summed E-state index contributed by atoms with van der Waals surface area (Å²) in [6.07, 6.45) is 1.92. The van der Waals surface area contributed by atoms with Crippen LogP contribution in [0.1, 0.15) is 29.3 Å². The van der Waals surface area contributed by atoms with Crippen LogP contribution in [0.25, 0.3) is 11.3 Å². The van der Waals surface area contributed by atoms with Crippen molar-refractivity contribution in [2.24, 2.45) is 5.73 Å². The highest BCUT2D eigenvalue weighted by molar-refractivity contribution is 6.29. The Kier molecular flexibility index (Phi) is 5.56. The lowest BCUT2D eigenvalue weighted by Gasteiger charge is -2.18. The average molecular weight is 403 g/mol. The van der Waals surface area contributed by atoms with Gasteiger partial charge in [0.15, 0.2) is 0 Å². The van der Waals surface area contributed by atoms with E-state index in [-0.39, 0.29) is 22.0 Å². The van der Waals surface area contributed by atoms with Crippen molar-refractivity contribution in [2.75, 3.05) is 11.9 Å². The molecular formula is C20H20ClFN4O2. The van der Waals surface area contributed by atoms with Gasteiger partial charge in [0.25, 0.3) is 5.91 Å². The van der Waals surface area contributed by atoms with Gasteiger partial charge in [0.05, 0.1) is 17.0 Å². The normalized spacial score (nSPS) is 13.8. The van der Waals surface area contributed by atoms with Crippen LogP contribution in [0.15, 0.2) is 47.3 Å². The number of pyridine rings is 1. The number of hydrogen-bond acceptors (Lipinski definition) is 5. The topological polar surface area (TPSA) is 100 Å². The highest BCUT2D eigenvalue weighted by atomic mass is 35.5. The summed E-state index contributed by atoms with van der Waals surface area (Å²) in [4.78, 5) is 16.9. The van der Waals surface area contributed by atoms with Crippen LogP contribution in [-0.2, 0) is 6.42 Å². The Labute approximate surface area is 166 Å². The highest BCUT2D eigenvalue weighted by Crippen LogP contribution is 2.31. The monoisotopic (exact) mass is 402 g/mol. The van der Waals surface area contributed by atoms with E-state index in [1.165, 1.54) is 6.07 Å². The predicted octanol–water partition coefficient (Wildman–Crippen LogP) is 3.62. The molecule has 0 spiro atoms. The van der Waals surface area contributed by atoms with Crippen LogP contribution >= 0.6 is 11.6 Å². The Bertz CT molecular complexity index is 1000. The van der Waals surface area contributed by atoms with Gasteiger partial charge in [0.2, 0.25) is 0 Å². The smallest absolute Gasteiger partial charge is 0.259 e. The number of phenols is 1. The number of aryl methyl sites for hydroxylation is 1. The second-order valence-corrected chi connectivity index (χ2v) is 6.95. The van der Waals surface area contributed by atoms with E-state index in [0.29, 0.717) is 17.1 Å². The molecule has 1 aromatic heterocycles. The van der Waals surface area contributed by atoms with Crippen molar-refractivity contribution in [3.8, 4) is 17.0 Å². The van der Waals surface area contributed by atoms with Crippen molar-refractivity contribution in [3.63, 3.8) is 0 Å². The fourth-order valence-corrected chi connectivity index (χ4v) is 3.18. The summed E-state index contributed by atoms with van der Waals surface area (Å²) < 4.78 is 14.7. The third-order valence-electron chi connectivity index (χ3n) is 4.40. The van der Waals surface area contributed by atoms with Gasteiger partial charge in [0.1, 0.15) is 22.5 Å². The zero-order chi connectivity index (χ0) is 20.4. The van der Waals surface area contributed by atoms with Gasteiger partial charge < -0.3 is 21.5 Å². The minimum absolute atomic E-state index is 0.0942. The van der Waals surface area contributed by atoms with E-state index in [0.717, 1.165) is 31.0 Å². The molecule has 146 valence electrons. The Morgan fingerprint density at radius 1 is 1.43 bits per heavy atom. The van der Waals surface area contributed by atoms with Crippen molar-refractivity contribution < 1.29 is 14.3 Å². The number of carbonyl (C=O) groups is 1. The molecule has 0 bridgehead atoms. The third-order valence-corrected chi connectivity index (χ3v) is 4.59. The molecule has 0 unspecified atom stereocenters. The maximum Gasteiger partial charge on any atom is 0.259 e. The number of nitrogens with one attached hydrogen (secondary N) is 2. The molecule has 1 amide bonds. The summed E-state index contributed by atoms with van der Waals surface area (Å²) in [7, 11) is 0. The van der Waals surface area contributed by atoms with E-state index in [1.807, 2.05) is 6.07 Å². The van der Waals surface area contributed by atoms with Crippen molar-refractivity contribution in [1.29, 1.82) is 0 Å². The first-order valence-electron chi connectivity index (χ1n) is 8.67. The summed E-state index contributed by atoms with van der Waals surface area (Å²) >= 11 is 5.74. The van der Waals surface area contributed by atoms with E-state index in [1.54, 1.807) is 13.0 Å². The van der Waals surface area contributed by atoms with E-state index < -0.39 is 17.5 Å². The summed E-state index contributed by atoms with van der Waals surface area (Å²) in [5.41, 5.74) is 7.30. The number of aromatic hydroxyl groups is 1. The van der Waals surface area contributed by atoms with Crippen LogP contribution in [0.5, 0.6) is 5.75 Å². The van der Waals surface area contributed by atoms with Gasteiger partial charge in [-0.2, -0.15) is 0 Å². The van der Waals surface area contributed by atoms with Crippen LogP contribution in [0.2, 0.25) is 0 Å². The molecule has 8 heteroatoms. The molecule has 0 fully saturated rings. The SMILES string of the molecule is C=C(C)/C(NC(=O)c1cc(F)c(-c2ccc3c(n2)NCCC3)cc1O)=C(\N)Cl. The molecule has 3 rings (SSSR count). The number of allylic oxidation sites excluding steroid dienone is 1. The fraction of sp³-hybridized carbons (Fsp3) is 0.200. The maximum atomic E-state index is 14.7. The van der Waals surface area contributed by atoms with Gasteiger partial charge >= 0.3 is 0 Å². The number of nitrogens with two attached hydrogens (primary N) is 1. The second kappa shape index (κ2) is 7.90. The lowest BCUT2D eigenvalue weighted by Crippen LogP contribution is -2.25. The number of aromatic nitrogens is 1. The molecule has 0 aliphatic carbocycles. The molecule has 0 saturated heterocycles. The second-order valence-electron chi connectivity index (χ2n) is 6.54. The number of halogens is 2. The molecule has 1 aromatic carbocycles. The molecular weight excluding hydrogens is 383 g/mol. The van der Waals surface area contributed by atoms with Crippen LogP contribution in [0.4, 0.5) is 10.2 Å². The molecule has 0 atom stereocenters. The largest absolute Gasteiger partial charge is 0.507 e.